The molecule has 6 nitrogen and oxygen atoms in total. The van der Waals surface area contributed by atoms with Gasteiger partial charge in [-0.2, -0.15) is 0 Å². The van der Waals surface area contributed by atoms with E-state index in [0.717, 1.165) is 18.2 Å². The third kappa shape index (κ3) is 139. The van der Waals surface area contributed by atoms with E-state index < -0.39 is 17.9 Å². The summed E-state index contributed by atoms with van der Waals surface area (Å²) in [4.78, 5) is 27.4. The van der Waals surface area contributed by atoms with E-state index in [0.29, 0.717) is 0 Å². The molecule has 0 unspecified atom stereocenters. The monoisotopic (exact) mass is 346 g/mol. The van der Waals surface area contributed by atoms with Crippen molar-refractivity contribution in [2.75, 3.05) is 0 Å². The topological polar surface area (TPSA) is 120 Å². The first kappa shape index (κ1) is 31.1. The Morgan fingerprint density at radius 2 is 0.947 bits per heavy atom. The van der Waals surface area contributed by atoms with Crippen molar-refractivity contribution in [3.8, 4) is 0 Å². The van der Waals surface area contributed by atoms with Crippen LogP contribution in [-0.2, 0) is 33.9 Å². The molecule has 0 aliphatic rings. The van der Waals surface area contributed by atoms with Crippen LogP contribution in [0.5, 0.6) is 0 Å². The molecule has 0 rings (SSSR count). The van der Waals surface area contributed by atoms with E-state index >= 15 is 0 Å². The Morgan fingerprint density at radius 1 is 0.895 bits per heavy atom. The fourth-order valence-electron chi connectivity index (χ4n) is 0. The molecule has 0 bridgehead atoms. The second-order valence-electron chi connectivity index (χ2n) is 2.07. The molecule has 0 spiro atoms. The Bertz CT molecular complexity index is 236. The van der Waals surface area contributed by atoms with Crippen molar-refractivity contribution in [2.45, 2.75) is 9.44 Å². The van der Waals surface area contributed by atoms with Crippen molar-refractivity contribution in [1.82, 2.24) is 0 Å². The summed E-state index contributed by atoms with van der Waals surface area (Å²) < 4.78 is 1.38. The quantitative estimate of drug-likeness (QED) is 0.406. The molecule has 0 N–H and O–H groups in total. The molecule has 0 aromatic rings. The van der Waals surface area contributed by atoms with E-state index in [-0.39, 0.29) is 19.5 Å². The molecule has 0 saturated heterocycles. The third-order valence-corrected chi connectivity index (χ3v) is 0.500. The molecule has 98 valence electrons. The van der Waals surface area contributed by atoms with Gasteiger partial charge in [-0.05, 0) is 18.2 Å². The molecule has 0 aliphatic heterocycles. The van der Waals surface area contributed by atoms with E-state index in [1.807, 2.05) is 0 Å². The van der Waals surface area contributed by atoms with E-state index in [4.69, 9.17) is 29.7 Å². The zero-order valence-corrected chi connectivity index (χ0v) is 16.1. The van der Waals surface area contributed by atoms with Gasteiger partial charge in [0.05, 0.1) is 17.9 Å². The van der Waals surface area contributed by atoms with E-state index in [1.54, 1.807) is 0 Å². The number of rotatable bonds is 3. The number of carbonyl (C=O) groups excluding carboxylic acids is 3. The normalized spacial score (nSPS) is 6.05. The molecule has 0 atom stereocenters. The third-order valence-electron chi connectivity index (χ3n) is 0.500. The fraction of sp³-hybridized carbons (Fsp3) is 0.182. The first-order chi connectivity index (χ1) is 8.22. The molecule has 0 aliphatic carbocycles. The van der Waals surface area contributed by atoms with Crippen LogP contribution in [-0.4, -0.2) is 53.7 Å². The van der Waals surface area contributed by atoms with Crippen molar-refractivity contribution in [1.29, 1.82) is 0 Å². The van der Waals surface area contributed by atoms with E-state index in [1.165, 1.54) is 38.3 Å². The standard InChI is InChI=1S/3C3H4O2.C2H5.Ca.Zn/c3*1-2-3(4)5;1-2;;/h3*2H,1H2,(H,4,5);1H2,2H3;;/q;;;;+1;+2/p-3. The van der Waals surface area contributed by atoms with Crippen molar-refractivity contribution in [3.05, 3.63) is 38.0 Å². The van der Waals surface area contributed by atoms with Gasteiger partial charge in [0.2, 0.25) is 0 Å². The van der Waals surface area contributed by atoms with Crippen LogP contribution in [0.3, 0.4) is 0 Å². The van der Waals surface area contributed by atoms with Gasteiger partial charge in [0.1, 0.15) is 0 Å². The van der Waals surface area contributed by atoms with Crippen LogP contribution < -0.4 is 15.3 Å². The number of carboxylic acids is 3. The van der Waals surface area contributed by atoms with Gasteiger partial charge in [0, 0.05) is 0 Å². The van der Waals surface area contributed by atoms with Crippen molar-refractivity contribution >= 4 is 53.7 Å². The molecule has 19 heavy (non-hydrogen) atoms. The van der Waals surface area contributed by atoms with Crippen molar-refractivity contribution in [3.63, 3.8) is 0 Å². The number of carbonyl (C=O) groups is 3. The van der Waals surface area contributed by atoms with Crippen molar-refractivity contribution < 1.29 is 49.2 Å². The summed E-state index contributed by atoms with van der Waals surface area (Å²) in [6, 6.07) is 0. The van der Waals surface area contributed by atoms with Gasteiger partial charge < -0.3 is 29.7 Å². The molecule has 8 heteroatoms. The Labute approximate surface area is 149 Å². The van der Waals surface area contributed by atoms with Gasteiger partial charge >= 0.3 is 64.7 Å². The summed E-state index contributed by atoms with van der Waals surface area (Å²) in [6.07, 6.45) is 2.17. The number of hydrogen-bond donors (Lipinski definition) is 0. The van der Waals surface area contributed by atoms with Crippen LogP contribution in [0, 0.1) is 0 Å². The Morgan fingerprint density at radius 3 is 0.947 bits per heavy atom. The minimum absolute atomic E-state index is 0. The Kier molecular flexibility index (Phi) is 49.9. The SMILES string of the molecule is C=CC(=O)[O-].C=CC(=O)[O-].C=CC(=O)[O-].C[CH2][Ca+].[Zn+2]. The Balaban J connectivity index is -0.0000000458. The summed E-state index contributed by atoms with van der Waals surface area (Å²) in [5, 5.41) is 27.4. The number of carboxylic acid groups (broad SMARTS) is 3. The molecular weight excluding hydrogens is 334 g/mol. The van der Waals surface area contributed by atoms with E-state index in [2.05, 4.69) is 26.7 Å². The zero-order chi connectivity index (χ0) is 15.6. The van der Waals surface area contributed by atoms with Gasteiger partial charge in [-0.15, -0.1) is 0 Å². The molecule has 0 saturated carbocycles. The van der Waals surface area contributed by atoms with Gasteiger partial charge in [-0.1, -0.05) is 19.7 Å². The Hall–Kier alpha value is -0.487. The van der Waals surface area contributed by atoms with Crippen LogP contribution >= 0.6 is 0 Å². The number of hydrogen-bond acceptors (Lipinski definition) is 6. The second-order valence-corrected chi connectivity index (χ2v) is 3.63. The largest absolute Gasteiger partial charge is 2.00 e. The first-order valence-electron chi connectivity index (χ1n) is 4.52. The zero-order valence-electron chi connectivity index (χ0n) is 10.9. The average Bonchev–Trinajstić information content (AvgIpc) is 2.31. The predicted octanol–water partition coefficient (Wildman–Crippen LogP) is -2.64. The maximum atomic E-state index is 9.14. The van der Waals surface area contributed by atoms with Crippen LogP contribution in [0.25, 0.3) is 0 Å². The molecule has 0 amide bonds. The predicted molar refractivity (Wildman–Crippen MR) is 61.8 cm³/mol. The minimum atomic E-state index is -1.23. The minimum Gasteiger partial charge on any atom is 2.00 e. The van der Waals surface area contributed by atoms with Gasteiger partial charge in [-0.3, -0.25) is 0 Å². The molecule has 0 fully saturated rings. The smallest absolute Gasteiger partial charge is 2.00 e. The summed E-state index contributed by atoms with van der Waals surface area (Å²) in [6.45, 7) is 10.9. The molecule has 0 heterocycles. The second kappa shape index (κ2) is 30.5. The van der Waals surface area contributed by atoms with Crippen LogP contribution in [0.15, 0.2) is 38.0 Å². The van der Waals surface area contributed by atoms with Gasteiger partial charge in [0.15, 0.2) is 0 Å². The summed E-state index contributed by atoms with van der Waals surface area (Å²) >= 11 is 1.44. The van der Waals surface area contributed by atoms with Crippen LogP contribution in [0.1, 0.15) is 6.92 Å². The maximum absolute atomic E-state index is 9.14. The molecule has 0 aromatic carbocycles. The number of aliphatic carboxylic acids is 3. The molecular formula is C11H14CaO6Zn. The maximum Gasteiger partial charge on any atom is 2.00 e. The fourth-order valence-corrected chi connectivity index (χ4v) is 0. The van der Waals surface area contributed by atoms with Gasteiger partial charge in [0.25, 0.3) is 0 Å². The average molecular weight is 348 g/mol. The van der Waals surface area contributed by atoms with Gasteiger partial charge in [-0.25, -0.2) is 0 Å². The molecule has 0 aromatic heterocycles. The van der Waals surface area contributed by atoms with Crippen LogP contribution in [0.2, 0.25) is 2.52 Å². The van der Waals surface area contributed by atoms with Crippen LogP contribution in [0.4, 0.5) is 0 Å². The summed E-state index contributed by atoms with van der Waals surface area (Å²) in [7, 11) is 0. The van der Waals surface area contributed by atoms with Crippen molar-refractivity contribution in [2.24, 2.45) is 0 Å². The molecule has 0 radical (unpaired) electrons. The summed E-state index contributed by atoms with van der Waals surface area (Å²) in [5.74, 6) is -3.69. The first-order valence-corrected chi connectivity index (χ1v) is 6.08. The summed E-state index contributed by atoms with van der Waals surface area (Å²) in [5.41, 5.74) is 0. The van der Waals surface area contributed by atoms with E-state index in [9.17, 15) is 0 Å².